The summed E-state index contributed by atoms with van der Waals surface area (Å²) >= 11 is 0. The fourth-order valence-electron chi connectivity index (χ4n) is 3.23. The number of nitrogens with zero attached hydrogens (tertiary/aromatic N) is 2. The monoisotopic (exact) mass is 332 g/mol. The van der Waals surface area contributed by atoms with E-state index < -0.39 is 0 Å². The van der Waals surface area contributed by atoms with Gasteiger partial charge in [0, 0.05) is 44.9 Å². The Morgan fingerprint density at radius 1 is 1.21 bits per heavy atom. The second kappa shape index (κ2) is 8.87. The van der Waals surface area contributed by atoms with Crippen LogP contribution in [0.1, 0.15) is 37.7 Å². The van der Waals surface area contributed by atoms with Crippen molar-refractivity contribution in [1.29, 1.82) is 0 Å². The van der Waals surface area contributed by atoms with Crippen molar-refractivity contribution in [3.63, 3.8) is 0 Å². The smallest absolute Gasteiger partial charge is 0.315 e. The van der Waals surface area contributed by atoms with Crippen LogP contribution in [0.4, 0.5) is 10.6 Å². The third-order valence-corrected chi connectivity index (χ3v) is 4.77. The number of rotatable bonds is 5. The molecule has 2 fully saturated rings. The van der Waals surface area contributed by atoms with E-state index in [0.717, 1.165) is 44.1 Å². The maximum absolute atomic E-state index is 11.8. The molecular weight excluding hydrogens is 304 g/mol. The van der Waals surface area contributed by atoms with Crippen LogP contribution < -0.4 is 15.5 Å². The number of pyridine rings is 1. The van der Waals surface area contributed by atoms with E-state index in [0.29, 0.717) is 19.0 Å². The van der Waals surface area contributed by atoms with Crippen molar-refractivity contribution >= 4 is 11.8 Å². The van der Waals surface area contributed by atoms with Gasteiger partial charge >= 0.3 is 6.03 Å². The molecule has 6 heteroatoms. The Bertz CT molecular complexity index is 506. The number of nitrogens with one attached hydrogen (secondary N) is 2. The van der Waals surface area contributed by atoms with Crippen LogP contribution in [0.15, 0.2) is 18.3 Å². The summed E-state index contributed by atoms with van der Waals surface area (Å²) in [6.45, 7) is 4.93. The lowest BCUT2D eigenvalue weighted by Crippen LogP contribution is -2.38. The predicted octanol–water partition coefficient (Wildman–Crippen LogP) is 2.30. The van der Waals surface area contributed by atoms with Crippen LogP contribution >= 0.6 is 0 Å². The fourth-order valence-corrected chi connectivity index (χ4v) is 3.23. The Kier molecular flexibility index (Phi) is 6.29. The van der Waals surface area contributed by atoms with Crippen LogP contribution in [0.2, 0.25) is 0 Å². The number of amides is 2. The summed E-state index contributed by atoms with van der Waals surface area (Å²) in [6, 6.07) is 3.99. The molecule has 2 N–H and O–H groups in total. The number of anilines is 1. The largest absolute Gasteiger partial charge is 0.381 e. The summed E-state index contributed by atoms with van der Waals surface area (Å²) in [6.07, 6.45) is 8.03. The SMILES string of the molecule is O=C(NCc1ccc(N2CCCCCC2)nc1)NCC1CCOC1. The Balaban J connectivity index is 1.41. The van der Waals surface area contributed by atoms with Crippen LogP contribution in [-0.2, 0) is 11.3 Å². The minimum Gasteiger partial charge on any atom is -0.381 e. The van der Waals surface area contributed by atoms with Crippen molar-refractivity contribution in [3.8, 4) is 0 Å². The Hall–Kier alpha value is -1.82. The molecule has 132 valence electrons. The molecule has 6 nitrogen and oxygen atoms in total. The molecule has 3 heterocycles. The summed E-state index contributed by atoms with van der Waals surface area (Å²) in [5, 5.41) is 5.79. The van der Waals surface area contributed by atoms with E-state index >= 15 is 0 Å². The molecular formula is C18H28N4O2. The maximum Gasteiger partial charge on any atom is 0.315 e. The third kappa shape index (κ3) is 5.09. The molecule has 1 aromatic heterocycles. The van der Waals surface area contributed by atoms with Gasteiger partial charge in [-0.05, 0) is 30.9 Å². The third-order valence-electron chi connectivity index (χ3n) is 4.77. The number of carbonyl (C=O) groups excluding carboxylic acids is 1. The maximum atomic E-state index is 11.8. The van der Waals surface area contributed by atoms with Gasteiger partial charge in [0.2, 0.25) is 0 Å². The lowest BCUT2D eigenvalue weighted by atomic mass is 10.1. The molecule has 0 saturated carbocycles. The Morgan fingerprint density at radius 3 is 2.71 bits per heavy atom. The summed E-state index contributed by atoms with van der Waals surface area (Å²) in [5.74, 6) is 1.50. The molecule has 2 aliphatic heterocycles. The van der Waals surface area contributed by atoms with Gasteiger partial charge in [-0.3, -0.25) is 0 Å². The lowest BCUT2D eigenvalue weighted by molar-refractivity contribution is 0.185. The summed E-state index contributed by atoms with van der Waals surface area (Å²) in [7, 11) is 0. The van der Waals surface area contributed by atoms with Gasteiger partial charge in [0.25, 0.3) is 0 Å². The number of aromatic nitrogens is 1. The second-order valence-corrected chi connectivity index (χ2v) is 6.72. The van der Waals surface area contributed by atoms with Gasteiger partial charge in [-0.15, -0.1) is 0 Å². The van der Waals surface area contributed by atoms with Gasteiger partial charge in [0.05, 0.1) is 6.61 Å². The molecule has 0 aromatic carbocycles. The zero-order valence-corrected chi connectivity index (χ0v) is 14.3. The average Bonchev–Trinajstić information content (AvgIpc) is 2.99. The molecule has 1 unspecified atom stereocenters. The zero-order valence-electron chi connectivity index (χ0n) is 14.3. The normalized spacial score (nSPS) is 21.3. The first kappa shape index (κ1) is 17.0. The highest BCUT2D eigenvalue weighted by molar-refractivity contribution is 5.73. The fraction of sp³-hybridized carbons (Fsp3) is 0.667. The minimum absolute atomic E-state index is 0.126. The van der Waals surface area contributed by atoms with Crippen molar-refractivity contribution in [2.24, 2.45) is 5.92 Å². The molecule has 3 rings (SSSR count). The quantitative estimate of drug-likeness (QED) is 0.868. The molecule has 2 aliphatic rings. The summed E-state index contributed by atoms with van der Waals surface area (Å²) < 4.78 is 5.30. The standard InChI is InChI=1S/C18H28N4O2/c23-18(21-13-16-7-10-24-14-16)20-12-15-5-6-17(19-11-15)22-8-3-1-2-4-9-22/h5-6,11,16H,1-4,7-10,12-14H2,(H2,20,21,23). The molecule has 2 amide bonds. The van der Waals surface area contributed by atoms with Crippen LogP contribution in [0.5, 0.6) is 0 Å². The van der Waals surface area contributed by atoms with E-state index in [1.54, 1.807) is 0 Å². The van der Waals surface area contributed by atoms with Crippen molar-refractivity contribution in [1.82, 2.24) is 15.6 Å². The van der Waals surface area contributed by atoms with E-state index in [4.69, 9.17) is 4.74 Å². The van der Waals surface area contributed by atoms with Crippen molar-refractivity contribution in [2.45, 2.75) is 38.6 Å². The minimum atomic E-state index is -0.126. The first-order valence-electron chi connectivity index (χ1n) is 9.10. The van der Waals surface area contributed by atoms with E-state index in [1.165, 1.54) is 25.7 Å². The number of ether oxygens (including phenoxy) is 1. The number of hydrogen-bond donors (Lipinski definition) is 2. The van der Waals surface area contributed by atoms with E-state index in [1.807, 2.05) is 6.20 Å². The number of urea groups is 1. The first-order valence-corrected chi connectivity index (χ1v) is 9.10. The summed E-state index contributed by atoms with van der Waals surface area (Å²) in [5.41, 5.74) is 1.02. The molecule has 0 radical (unpaired) electrons. The van der Waals surface area contributed by atoms with Gasteiger partial charge in [0.15, 0.2) is 0 Å². The van der Waals surface area contributed by atoms with E-state index in [2.05, 4.69) is 32.7 Å². The van der Waals surface area contributed by atoms with Crippen LogP contribution in [0.25, 0.3) is 0 Å². The Labute approximate surface area is 144 Å². The first-order chi connectivity index (χ1) is 11.8. The molecule has 0 spiro atoms. The number of carbonyl (C=O) groups is 1. The highest BCUT2D eigenvalue weighted by Crippen LogP contribution is 2.17. The number of hydrogen-bond acceptors (Lipinski definition) is 4. The molecule has 0 aliphatic carbocycles. The predicted molar refractivity (Wildman–Crippen MR) is 94.1 cm³/mol. The van der Waals surface area contributed by atoms with E-state index in [-0.39, 0.29) is 6.03 Å². The lowest BCUT2D eigenvalue weighted by Gasteiger charge is -2.21. The molecule has 2 saturated heterocycles. The van der Waals surface area contributed by atoms with Crippen LogP contribution in [-0.4, -0.2) is 43.9 Å². The van der Waals surface area contributed by atoms with E-state index in [9.17, 15) is 4.79 Å². The molecule has 24 heavy (non-hydrogen) atoms. The van der Waals surface area contributed by atoms with Crippen molar-refractivity contribution in [2.75, 3.05) is 37.7 Å². The highest BCUT2D eigenvalue weighted by atomic mass is 16.5. The molecule has 1 atom stereocenters. The van der Waals surface area contributed by atoms with Gasteiger partial charge in [-0.25, -0.2) is 9.78 Å². The second-order valence-electron chi connectivity index (χ2n) is 6.72. The van der Waals surface area contributed by atoms with Gasteiger partial charge in [0.1, 0.15) is 5.82 Å². The van der Waals surface area contributed by atoms with Crippen molar-refractivity contribution in [3.05, 3.63) is 23.9 Å². The molecule has 0 bridgehead atoms. The highest BCUT2D eigenvalue weighted by Gasteiger charge is 2.16. The van der Waals surface area contributed by atoms with Crippen molar-refractivity contribution < 1.29 is 9.53 Å². The topological polar surface area (TPSA) is 66.5 Å². The average molecular weight is 332 g/mol. The van der Waals surface area contributed by atoms with Gasteiger partial charge in [-0.1, -0.05) is 18.9 Å². The van der Waals surface area contributed by atoms with Gasteiger partial charge < -0.3 is 20.3 Å². The van der Waals surface area contributed by atoms with Crippen LogP contribution in [0, 0.1) is 5.92 Å². The van der Waals surface area contributed by atoms with Crippen LogP contribution in [0.3, 0.4) is 0 Å². The van der Waals surface area contributed by atoms with Gasteiger partial charge in [-0.2, -0.15) is 0 Å². The molecule has 1 aromatic rings. The Morgan fingerprint density at radius 2 is 2.04 bits per heavy atom. The summed E-state index contributed by atoms with van der Waals surface area (Å²) in [4.78, 5) is 18.8. The zero-order chi connectivity index (χ0) is 16.6.